The summed E-state index contributed by atoms with van der Waals surface area (Å²) in [5, 5.41) is 1.63. The Bertz CT molecular complexity index is 1020. The average molecular weight is 424 g/mol. The minimum atomic E-state index is 0.710. The van der Waals surface area contributed by atoms with E-state index in [2.05, 4.69) is 42.7 Å². The Morgan fingerprint density at radius 3 is 2.21 bits per heavy atom. The molecule has 2 nitrogen and oxygen atoms in total. The van der Waals surface area contributed by atoms with Crippen molar-refractivity contribution in [1.82, 2.24) is 4.98 Å². The van der Waals surface area contributed by atoms with Crippen LogP contribution in [-0.2, 0) is 0 Å². The maximum atomic E-state index is 6.44. The Morgan fingerprint density at radius 1 is 0.893 bits per heavy atom. The van der Waals surface area contributed by atoms with E-state index in [-0.39, 0.29) is 0 Å². The van der Waals surface area contributed by atoms with Gasteiger partial charge in [0.2, 0.25) is 0 Å². The van der Waals surface area contributed by atoms with Crippen LogP contribution in [0.5, 0.6) is 5.75 Å². The lowest BCUT2D eigenvalue weighted by atomic mass is 10.1. The van der Waals surface area contributed by atoms with E-state index in [1.807, 2.05) is 36.4 Å². The molecule has 0 N–H and O–H groups in total. The predicted molar refractivity (Wildman–Crippen MR) is 122 cm³/mol. The molecule has 28 heavy (non-hydrogen) atoms. The van der Waals surface area contributed by atoms with Crippen molar-refractivity contribution < 1.29 is 4.74 Å². The number of hydrogen-bond donors (Lipinski definition) is 0. The highest BCUT2D eigenvalue weighted by molar-refractivity contribution is 7.98. The third kappa shape index (κ3) is 3.81. The number of hydrogen-bond acceptors (Lipinski definition) is 4. The summed E-state index contributed by atoms with van der Waals surface area (Å²) in [4.78, 5) is 7.33. The van der Waals surface area contributed by atoms with Gasteiger partial charge < -0.3 is 4.74 Å². The van der Waals surface area contributed by atoms with E-state index in [4.69, 9.17) is 21.3 Å². The third-order valence-corrected chi connectivity index (χ3v) is 6.66. The summed E-state index contributed by atoms with van der Waals surface area (Å²) >= 11 is 9.83. The molecule has 140 valence electrons. The van der Waals surface area contributed by atoms with Gasteiger partial charge in [0.15, 0.2) is 0 Å². The van der Waals surface area contributed by atoms with Gasteiger partial charge in [-0.25, -0.2) is 4.98 Å². The third-order valence-electron chi connectivity index (χ3n) is 4.45. The van der Waals surface area contributed by atoms with Crippen molar-refractivity contribution in [2.24, 2.45) is 0 Å². The Hall–Kier alpha value is -2.27. The van der Waals surface area contributed by atoms with E-state index in [0.717, 1.165) is 38.0 Å². The fourth-order valence-electron chi connectivity index (χ4n) is 2.95. The van der Waals surface area contributed by atoms with Crippen molar-refractivity contribution in [3.63, 3.8) is 0 Å². The largest absolute Gasteiger partial charge is 0.497 e. The summed E-state index contributed by atoms with van der Waals surface area (Å²) in [6, 6.07) is 24.5. The average Bonchev–Trinajstić information content (AvgIpc) is 3.19. The van der Waals surface area contributed by atoms with Crippen molar-refractivity contribution in [2.75, 3.05) is 13.4 Å². The molecule has 1 aromatic heterocycles. The molecule has 4 aromatic rings. The van der Waals surface area contributed by atoms with E-state index in [1.54, 1.807) is 30.2 Å². The Labute approximate surface area is 178 Å². The lowest BCUT2D eigenvalue weighted by molar-refractivity contribution is 0.415. The molecular formula is C23H18ClNOS2. The number of benzene rings is 3. The van der Waals surface area contributed by atoms with Gasteiger partial charge in [0.1, 0.15) is 10.8 Å². The molecule has 0 amide bonds. The Morgan fingerprint density at radius 2 is 1.57 bits per heavy atom. The van der Waals surface area contributed by atoms with Gasteiger partial charge in [-0.05, 0) is 54.3 Å². The van der Waals surface area contributed by atoms with Crippen LogP contribution in [0.4, 0.5) is 0 Å². The molecule has 0 saturated carbocycles. The normalized spacial score (nSPS) is 10.8. The van der Waals surface area contributed by atoms with E-state index in [9.17, 15) is 0 Å². The molecule has 0 aliphatic rings. The maximum Gasteiger partial charge on any atom is 0.126 e. The lowest BCUT2D eigenvalue weighted by Gasteiger charge is -2.05. The van der Waals surface area contributed by atoms with Gasteiger partial charge in [0, 0.05) is 16.0 Å². The summed E-state index contributed by atoms with van der Waals surface area (Å²) in [7, 11) is 1.68. The van der Waals surface area contributed by atoms with Gasteiger partial charge in [0.25, 0.3) is 0 Å². The summed E-state index contributed by atoms with van der Waals surface area (Å²) in [6.45, 7) is 0. The number of methoxy groups -OCH3 is 1. The van der Waals surface area contributed by atoms with Crippen LogP contribution in [0.25, 0.3) is 32.3 Å². The second-order valence-electron chi connectivity index (χ2n) is 6.13. The van der Waals surface area contributed by atoms with E-state index in [1.165, 1.54) is 4.90 Å². The quantitative estimate of drug-likeness (QED) is 0.310. The van der Waals surface area contributed by atoms with E-state index < -0.39 is 0 Å². The number of thiazole rings is 1. The first-order valence-corrected chi connectivity index (χ1v) is 11.2. The van der Waals surface area contributed by atoms with Crippen LogP contribution in [0.1, 0.15) is 0 Å². The van der Waals surface area contributed by atoms with Crippen LogP contribution in [0.15, 0.2) is 77.7 Å². The van der Waals surface area contributed by atoms with Crippen LogP contribution >= 0.6 is 34.7 Å². The van der Waals surface area contributed by atoms with Crippen molar-refractivity contribution in [1.29, 1.82) is 0 Å². The van der Waals surface area contributed by atoms with Gasteiger partial charge in [-0.2, -0.15) is 0 Å². The van der Waals surface area contributed by atoms with Gasteiger partial charge in [-0.3, -0.25) is 0 Å². The first kappa shape index (κ1) is 19.1. The number of aromatic nitrogens is 1. The molecule has 0 atom stereocenters. The lowest BCUT2D eigenvalue weighted by Crippen LogP contribution is -1.85. The highest BCUT2D eigenvalue weighted by Crippen LogP contribution is 2.42. The molecule has 0 saturated heterocycles. The molecule has 0 spiro atoms. The van der Waals surface area contributed by atoms with Crippen molar-refractivity contribution in [3.05, 3.63) is 77.8 Å². The first-order chi connectivity index (χ1) is 13.7. The maximum absolute atomic E-state index is 6.44. The highest BCUT2D eigenvalue weighted by Gasteiger charge is 2.17. The number of rotatable bonds is 5. The molecule has 1 heterocycles. The molecular weight excluding hydrogens is 406 g/mol. The van der Waals surface area contributed by atoms with Crippen molar-refractivity contribution >= 4 is 34.7 Å². The highest BCUT2D eigenvalue weighted by atomic mass is 35.5. The fraction of sp³-hybridized carbons (Fsp3) is 0.0870. The second-order valence-corrected chi connectivity index (χ2v) is 8.42. The van der Waals surface area contributed by atoms with Crippen molar-refractivity contribution in [3.8, 4) is 38.0 Å². The van der Waals surface area contributed by atoms with Crippen LogP contribution in [-0.4, -0.2) is 18.3 Å². The second kappa shape index (κ2) is 8.39. The fourth-order valence-corrected chi connectivity index (χ4v) is 4.77. The number of thioether (sulfide) groups is 1. The standard InChI is InChI=1S/C23H18ClNOS2/c1-26-17-11-7-16(8-12-17)22-21(15-9-13-18(27-2)14-10-15)25-23(28-22)19-5-3-4-6-20(19)24/h3-14H,1-2H3. The van der Waals surface area contributed by atoms with Crippen LogP contribution in [0.3, 0.4) is 0 Å². The Balaban J connectivity index is 1.87. The van der Waals surface area contributed by atoms with Gasteiger partial charge >= 0.3 is 0 Å². The minimum absolute atomic E-state index is 0.710. The Kier molecular flexibility index (Phi) is 5.72. The zero-order valence-corrected chi connectivity index (χ0v) is 17.9. The zero-order valence-electron chi connectivity index (χ0n) is 15.5. The van der Waals surface area contributed by atoms with Gasteiger partial charge in [0.05, 0.1) is 22.7 Å². The van der Waals surface area contributed by atoms with E-state index in [0.29, 0.717) is 5.02 Å². The summed E-state index contributed by atoms with van der Waals surface area (Å²) in [6.07, 6.45) is 2.08. The zero-order chi connectivity index (χ0) is 19.5. The molecule has 0 aliphatic heterocycles. The van der Waals surface area contributed by atoms with Crippen LogP contribution in [0.2, 0.25) is 5.02 Å². The smallest absolute Gasteiger partial charge is 0.126 e. The summed E-state index contributed by atoms with van der Waals surface area (Å²) in [5.74, 6) is 0.838. The monoisotopic (exact) mass is 423 g/mol. The molecule has 0 unspecified atom stereocenters. The number of halogens is 1. The number of nitrogens with zero attached hydrogens (tertiary/aromatic N) is 1. The SMILES string of the molecule is COc1ccc(-c2sc(-c3ccccc3Cl)nc2-c2ccc(SC)cc2)cc1. The van der Waals surface area contributed by atoms with Crippen LogP contribution in [0, 0.1) is 0 Å². The van der Waals surface area contributed by atoms with Crippen molar-refractivity contribution in [2.45, 2.75) is 4.90 Å². The van der Waals surface area contributed by atoms with Crippen LogP contribution < -0.4 is 4.74 Å². The number of ether oxygens (including phenoxy) is 1. The van der Waals surface area contributed by atoms with E-state index >= 15 is 0 Å². The summed E-state index contributed by atoms with van der Waals surface area (Å²) in [5.41, 5.74) is 4.13. The minimum Gasteiger partial charge on any atom is -0.497 e. The molecule has 3 aromatic carbocycles. The predicted octanol–water partition coefficient (Wildman–Crippen LogP) is 7.53. The molecule has 0 aliphatic carbocycles. The molecule has 0 fully saturated rings. The van der Waals surface area contributed by atoms with Gasteiger partial charge in [-0.1, -0.05) is 41.9 Å². The molecule has 0 bridgehead atoms. The van der Waals surface area contributed by atoms with Gasteiger partial charge in [-0.15, -0.1) is 23.1 Å². The molecule has 5 heteroatoms. The molecule has 4 rings (SSSR count). The first-order valence-electron chi connectivity index (χ1n) is 8.74. The topological polar surface area (TPSA) is 22.1 Å². The molecule has 0 radical (unpaired) electrons. The summed E-state index contributed by atoms with van der Waals surface area (Å²) < 4.78 is 5.30.